The lowest BCUT2D eigenvalue weighted by atomic mass is 10.3. The van der Waals surface area contributed by atoms with Crippen molar-refractivity contribution in [2.45, 2.75) is 12.5 Å². The van der Waals surface area contributed by atoms with Crippen molar-refractivity contribution < 1.29 is 4.74 Å². The number of ether oxygens (including phenoxy) is 1. The summed E-state index contributed by atoms with van der Waals surface area (Å²) in [6.07, 6.45) is 3.42. The number of halogens is 1. The first-order valence-corrected chi connectivity index (χ1v) is 5.95. The van der Waals surface area contributed by atoms with Gasteiger partial charge in [0.25, 0.3) is 0 Å². The molecule has 78 valence electrons. The average molecular weight is 240 g/mol. The lowest BCUT2D eigenvalue weighted by molar-refractivity contribution is 0.306. The third-order valence-electron chi connectivity index (χ3n) is 1.96. The lowest BCUT2D eigenvalue weighted by Crippen LogP contribution is -1.96. The van der Waals surface area contributed by atoms with Crippen LogP contribution in [-0.4, -0.2) is 4.98 Å². The summed E-state index contributed by atoms with van der Waals surface area (Å²) in [7, 11) is 0. The van der Waals surface area contributed by atoms with Crippen molar-refractivity contribution in [3.8, 4) is 5.75 Å². The van der Waals surface area contributed by atoms with Gasteiger partial charge in [-0.2, -0.15) is 0 Å². The number of pyridine rings is 1. The van der Waals surface area contributed by atoms with Gasteiger partial charge in [0.05, 0.1) is 12.1 Å². The Labute approximate surface area is 97.5 Å². The van der Waals surface area contributed by atoms with E-state index in [2.05, 4.69) is 4.98 Å². The maximum absolute atomic E-state index is 5.79. The van der Waals surface area contributed by atoms with Crippen molar-refractivity contribution in [3.05, 3.63) is 46.4 Å². The van der Waals surface area contributed by atoms with Gasteiger partial charge >= 0.3 is 0 Å². The summed E-state index contributed by atoms with van der Waals surface area (Å²) in [5.41, 5.74) is 0.975. The van der Waals surface area contributed by atoms with Crippen LogP contribution in [0.5, 0.6) is 5.75 Å². The molecule has 0 fully saturated rings. The van der Waals surface area contributed by atoms with E-state index in [9.17, 15) is 0 Å². The molecule has 0 saturated heterocycles. The number of thiophene rings is 1. The maximum atomic E-state index is 5.79. The second-order valence-corrected chi connectivity index (χ2v) is 4.28. The van der Waals surface area contributed by atoms with Crippen LogP contribution in [0.4, 0.5) is 0 Å². The smallest absolute Gasteiger partial charge is 0.142 e. The van der Waals surface area contributed by atoms with Crippen LogP contribution < -0.4 is 4.74 Å². The third kappa shape index (κ3) is 2.70. The molecule has 0 unspecified atom stereocenters. The highest BCUT2D eigenvalue weighted by Gasteiger charge is 2.02. The largest absolute Gasteiger partial charge is 0.486 e. The van der Waals surface area contributed by atoms with Gasteiger partial charge < -0.3 is 4.74 Å². The zero-order valence-corrected chi connectivity index (χ0v) is 9.59. The van der Waals surface area contributed by atoms with Gasteiger partial charge in [0.15, 0.2) is 0 Å². The molecule has 2 nitrogen and oxygen atoms in total. The molecular formula is C11H10ClNOS. The van der Waals surface area contributed by atoms with E-state index in [1.807, 2.05) is 23.6 Å². The van der Waals surface area contributed by atoms with Crippen LogP contribution in [-0.2, 0) is 12.5 Å². The normalized spacial score (nSPS) is 10.2. The Bertz CT molecular complexity index is 416. The second-order valence-electron chi connectivity index (χ2n) is 2.99. The standard InChI is InChI=1S/C11H10ClNOS/c12-6-9-3-4-13-7-11(9)14-8-10-2-1-5-15-10/h1-5,7H,6,8H2. The lowest BCUT2D eigenvalue weighted by Gasteiger charge is -2.07. The summed E-state index contributed by atoms with van der Waals surface area (Å²) in [5, 5.41) is 2.03. The highest BCUT2D eigenvalue weighted by molar-refractivity contribution is 7.09. The molecule has 0 amide bonds. The van der Waals surface area contributed by atoms with Gasteiger partial charge in [-0.1, -0.05) is 6.07 Å². The zero-order chi connectivity index (χ0) is 10.5. The first-order chi connectivity index (χ1) is 7.40. The molecule has 15 heavy (non-hydrogen) atoms. The van der Waals surface area contributed by atoms with Gasteiger partial charge in [0.2, 0.25) is 0 Å². The highest BCUT2D eigenvalue weighted by Crippen LogP contribution is 2.20. The fraction of sp³-hybridized carbons (Fsp3) is 0.182. The van der Waals surface area contributed by atoms with Crippen LogP contribution in [0.2, 0.25) is 0 Å². The molecule has 0 aliphatic carbocycles. The number of alkyl halides is 1. The fourth-order valence-electron chi connectivity index (χ4n) is 1.19. The number of hydrogen-bond donors (Lipinski definition) is 0. The summed E-state index contributed by atoms with van der Waals surface area (Å²) in [6.45, 7) is 0.577. The Morgan fingerprint density at radius 1 is 1.40 bits per heavy atom. The van der Waals surface area contributed by atoms with Crippen molar-refractivity contribution in [2.24, 2.45) is 0 Å². The molecule has 0 aromatic carbocycles. The van der Waals surface area contributed by atoms with Gasteiger partial charge in [-0.05, 0) is 17.5 Å². The van der Waals surface area contributed by atoms with E-state index in [0.29, 0.717) is 12.5 Å². The second kappa shape index (κ2) is 5.14. The van der Waals surface area contributed by atoms with Crippen molar-refractivity contribution >= 4 is 22.9 Å². The minimum absolute atomic E-state index is 0.447. The molecule has 0 aliphatic rings. The van der Waals surface area contributed by atoms with Crippen molar-refractivity contribution in [1.29, 1.82) is 0 Å². The molecule has 0 spiro atoms. The van der Waals surface area contributed by atoms with Crippen molar-refractivity contribution in [1.82, 2.24) is 4.98 Å². The highest BCUT2D eigenvalue weighted by atomic mass is 35.5. The molecule has 0 radical (unpaired) electrons. The van der Waals surface area contributed by atoms with Gasteiger partial charge in [0.1, 0.15) is 12.4 Å². The molecule has 0 atom stereocenters. The molecule has 0 aliphatic heterocycles. The van der Waals surface area contributed by atoms with Gasteiger partial charge in [-0.3, -0.25) is 4.98 Å². The molecular weight excluding hydrogens is 230 g/mol. The molecule has 2 heterocycles. The Kier molecular flexibility index (Phi) is 3.59. The summed E-state index contributed by atoms with van der Waals surface area (Å²) in [6, 6.07) is 5.92. The molecule has 2 aromatic heterocycles. The zero-order valence-electron chi connectivity index (χ0n) is 8.02. The van der Waals surface area contributed by atoms with Gasteiger partial charge in [-0.15, -0.1) is 22.9 Å². The molecule has 4 heteroatoms. The monoisotopic (exact) mass is 239 g/mol. The van der Waals surface area contributed by atoms with Gasteiger partial charge in [0, 0.05) is 16.6 Å². The minimum atomic E-state index is 0.447. The Morgan fingerprint density at radius 3 is 3.07 bits per heavy atom. The van der Waals surface area contributed by atoms with E-state index in [0.717, 1.165) is 11.3 Å². The summed E-state index contributed by atoms with van der Waals surface area (Å²) >= 11 is 7.46. The van der Waals surface area contributed by atoms with Crippen LogP contribution in [0.25, 0.3) is 0 Å². The molecule has 2 rings (SSSR count). The van der Waals surface area contributed by atoms with Crippen molar-refractivity contribution in [3.63, 3.8) is 0 Å². The minimum Gasteiger partial charge on any atom is -0.486 e. The van der Waals surface area contributed by atoms with Crippen LogP contribution in [0.15, 0.2) is 36.0 Å². The Hall–Kier alpha value is -1.06. The summed E-state index contributed by atoms with van der Waals surface area (Å²) in [5.74, 6) is 1.21. The van der Waals surface area contributed by atoms with Crippen LogP contribution in [0.1, 0.15) is 10.4 Å². The van der Waals surface area contributed by atoms with Crippen LogP contribution in [0, 0.1) is 0 Å². The number of aromatic nitrogens is 1. The maximum Gasteiger partial charge on any atom is 0.142 e. The molecule has 0 N–H and O–H groups in total. The molecule has 2 aromatic rings. The first-order valence-electron chi connectivity index (χ1n) is 4.54. The Morgan fingerprint density at radius 2 is 2.33 bits per heavy atom. The topological polar surface area (TPSA) is 22.1 Å². The predicted octanol–water partition coefficient (Wildman–Crippen LogP) is 3.46. The summed E-state index contributed by atoms with van der Waals surface area (Å²) in [4.78, 5) is 5.21. The average Bonchev–Trinajstić information content (AvgIpc) is 2.79. The van der Waals surface area contributed by atoms with E-state index in [1.165, 1.54) is 4.88 Å². The summed E-state index contributed by atoms with van der Waals surface area (Å²) < 4.78 is 5.64. The van der Waals surface area contributed by atoms with Crippen molar-refractivity contribution in [2.75, 3.05) is 0 Å². The first kappa shape index (κ1) is 10.5. The number of nitrogens with zero attached hydrogens (tertiary/aromatic N) is 1. The van der Waals surface area contributed by atoms with E-state index in [1.54, 1.807) is 23.7 Å². The molecule has 0 saturated carbocycles. The molecule has 0 bridgehead atoms. The van der Waals surface area contributed by atoms with E-state index >= 15 is 0 Å². The fourth-order valence-corrected chi connectivity index (χ4v) is 2.03. The van der Waals surface area contributed by atoms with E-state index in [-0.39, 0.29) is 0 Å². The van der Waals surface area contributed by atoms with Crippen LogP contribution >= 0.6 is 22.9 Å². The van der Waals surface area contributed by atoms with E-state index in [4.69, 9.17) is 16.3 Å². The van der Waals surface area contributed by atoms with E-state index < -0.39 is 0 Å². The predicted molar refractivity (Wildman–Crippen MR) is 62.4 cm³/mol. The van der Waals surface area contributed by atoms with Crippen LogP contribution in [0.3, 0.4) is 0 Å². The quantitative estimate of drug-likeness (QED) is 0.763. The SMILES string of the molecule is ClCc1ccncc1OCc1cccs1. The number of hydrogen-bond acceptors (Lipinski definition) is 3. The third-order valence-corrected chi connectivity index (χ3v) is 3.10. The number of rotatable bonds is 4. The van der Waals surface area contributed by atoms with Gasteiger partial charge in [-0.25, -0.2) is 0 Å². The Balaban J connectivity index is 2.04.